The van der Waals surface area contributed by atoms with E-state index in [4.69, 9.17) is 11.6 Å². The van der Waals surface area contributed by atoms with Gasteiger partial charge in [-0.15, -0.1) is 0 Å². The van der Waals surface area contributed by atoms with E-state index in [-0.39, 0.29) is 5.82 Å². The summed E-state index contributed by atoms with van der Waals surface area (Å²) in [5.74, 6) is 0.0167. The van der Waals surface area contributed by atoms with Crippen molar-refractivity contribution in [1.29, 1.82) is 0 Å². The number of halogens is 2. The molecule has 1 aromatic carbocycles. The summed E-state index contributed by atoms with van der Waals surface area (Å²) in [5.41, 5.74) is 0.713. The molecule has 2 aliphatic heterocycles. The predicted octanol–water partition coefficient (Wildman–Crippen LogP) is 3.26. The first-order valence-electron chi connectivity index (χ1n) is 7.38. The molecule has 0 aliphatic carbocycles. The molecule has 2 nitrogen and oxygen atoms in total. The molecule has 0 spiro atoms. The van der Waals surface area contributed by atoms with Gasteiger partial charge in [0.1, 0.15) is 5.82 Å². The van der Waals surface area contributed by atoms with Crippen molar-refractivity contribution in [3.63, 3.8) is 0 Å². The summed E-state index contributed by atoms with van der Waals surface area (Å²) in [6, 6.07) is 5.58. The molecular formula is C16H21ClFNO. The van der Waals surface area contributed by atoms with E-state index >= 15 is 0 Å². The Morgan fingerprint density at radius 3 is 2.65 bits per heavy atom. The van der Waals surface area contributed by atoms with Crippen LogP contribution in [0.15, 0.2) is 18.2 Å². The molecule has 1 N–H and O–H groups in total. The van der Waals surface area contributed by atoms with E-state index in [9.17, 15) is 9.50 Å². The molecule has 2 saturated heterocycles. The maximum Gasteiger partial charge on any atom is 0.123 e. The van der Waals surface area contributed by atoms with Crippen LogP contribution in [0.3, 0.4) is 0 Å². The highest BCUT2D eigenvalue weighted by atomic mass is 35.5. The minimum absolute atomic E-state index is 0.292. The quantitative estimate of drug-likeness (QED) is 0.926. The summed E-state index contributed by atoms with van der Waals surface area (Å²) in [7, 11) is 2.19. The molecule has 110 valence electrons. The molecule has 3 rings (SSSR count). The Hall–Kier alpha value is -0.640. The Morgan fingerprint density at radius 1 is 1.35 bits per heavy atom. The van der Waals surface area contributed by atoms with Crippen LogP contribution in [0.5, 0.6) is 0 Å². The highest BCUT2D eigenvalue weighted by Crippen LogP contribution is 2.39. The second-order valence-corrected chi connectivity index (χ2v) is 6.70. The zero-order valence-corrected chi connectivity index (χ0v) is 12.5. The number of hydrogen-bond acceptors (Lipinski definition) is 2. The fourth-order valence-corrected chi connectivity index (χ4v) is 4.05. The second-order valence-electron chi connectivity index (χ2n) is 6.29. The molecule has 2 heterocycles. The maximum absolute atomic E-state index is 13.3. The highest BCUT2D eigenvalue weighted by Gasteiger charge is 2.40. The van der Waals surface area contributed by atoms with Crippen molar-refractivity contribution < 1.29 is 9.50 Å². The lowest BCUT2D eigenvalue weighted by atomic mass is 9.84. The first-order valence-corrected chi connectivity index (χ1v) is 7.76. The van der Waals surface area contributed by atoms with E-state index in [0.29, 0.717) is 35.0 Å². The standard InChI is InChI=1S/C16H21ClFNO/c1-19-13-3-4-14(19)8-11(7-13)16(20)9-10-6-12(18)2-5-15(10)17/h2,5-6,11,13-14,16,20H,3-4,7-9H2,1H3. The second kappa shape index (κ2) is 5.63. The number of benzene rings is 1. The number of fused-ring (bicyclic) bond motifs is 2. The van der Waals surface area contributed by atoms with E-state index in [0.717, 1.165) is 12.8 Å². The van der Waals surface area contributed by atoms with Crippen LogP contribution in [0.25, 0.3) is 0 Å². The van der Waals surface area contributed by atoms with Crippen LogP contribution in [-0.2, 0) is 6.42 Å². The van der Waals surface area contributed by atoms with E-state index in [2.05, 4.69) is 11.9 Å². The molecule has 1 aromatic rings. The fraction of sp³-hybridized carbons (Fsp3) is 0.625. The van der Waals surface area contributed by atoms with E-state index < -0.39 is 6.10 Å². The zero-order valence-electron chi connectivity index (χ0n) is 11.7. The van der Waals surface area contributed by atoms with E-state index in [1.165, 1.54) is 25.0 Å². The van der Waals surface area contributed by atoms with Gasteiger partial charge in [0.05, 0.1) is 6.10 Å². The van der Waals surface area contributed by atoms with Gasteiger partial charge in [-0.2, -0.15) is 0 Å². The Kier molecular flexibility index (Phi) is 4.02. The van der Waals surface area contributed by atoms with Gasteiger partial charge in [0.25, 0.3) is 0 Å². The number of aliphatic hydroxyl groups excluding tert-OH is 1. The van der Waals surface area contributed by atoms with Crippen molar-refractivity contribution in [2.75, 3.05) is 7.05 Å². The van der Waals surface area contributed by atoms with Gasteiger partial charge in [0.15, 0.2) is 0 Å². The Bertz CT molecular complexity index is 481. The molecule has 2 bridgehead atoms. The topological polar surface area (TPSA) is 23.5 Å². The molecule has 3 atom stereocenters. The lowest BCUT2D eigenvalue weighted by Crippen LogP contribution is -2.43. The highest BCUT2D eigenvalue weighted by molar-refractivity contribution is 6.31. The van der Waals surface area contributed by atoms with Crippen molar-refractivity contribution in [3.05, 3.63) is 34.6 Å². The van der Waals surface area contributed by atoms with Gasteiger partial charge >= 0.3 is 0 Å². The average Bonchev–Trinajstić information content (AvgIpc) is 2.65. The predicted molar refractivity (Wildman–Crippen MR) is 78.4 cm³/mol. The van der Waals surface area contributed by atoms with Gasteiger partial charge in [0, 0.05) is 23.5 Å². The summed E-state index contributed by atoms with van der Waals surface area (Å²) in [6.45, 7) is 0. The van der Waals surface area contributed by atoms with Gasteiger partial charge in [0.2, 0.25) is 0 Å². The average molecular weight is 298 g/mol. The van der Waals surface area contributed by atoms with Crippen molar-refractivity contribution in [2.45, 2.75) is 50.3 Å². The number of aliphatic hydroxyl groups is 1. The van der Waals surface area contributed by atoms with E-state index in [1.807, 2.05) is 0 Å². The number of rotatable bonds is 3. The normalized spacial score (nSPS) is 31.5. The minimum atomic E-state index is -0.425. The summed E-state index contributed by atoms with van der Waals surface area (Å²) in [4.78, 5) is 2.46. The molecule has 0 radical (unpaired) electrons. The largest absolute Gasteiger partial charge is 0.392 e. The smallest absolute Gasteiger partial charge is 0.123 e. The van der Waals surface area contributed by atoms with Gasteiger partial charge in [-0.1, -0.05) is 11.6 Å². The van der Waals surface area contributed by atoms with Crippen LogP contribution in [0.2, 0.25) is 5.02 Å². The fourth-order valence-electron chi connectivity index (χ4n) is 3.86. The number of piperidine rings is 1. The molecule has 2 fully saturated rings. The number of nitrogens with zero attached hydrogens (tertiary/aromatic N) is 1. The molecular weight excluding hydrogens is 277 g/mol. The van der Waals surface area contributed by atoms with Crippen molar-refractivity contribution in [3.8, 4) is 0 Å². The molecule has 4 heteroatoms. The first-order chi connectivity index (χ1) is 9.54. The van der Waals surface area contributed by atoms with Gasteiger partial charge in [-0.3, -0.25) is 0 Å². The van der Waals surface area contributed by atoms with Gasteiger partial charge in [-0.05, 0) is 62.4 Å². The van der Waals surface area contributed by atoms with Crippen LogP contribution in [0.4, 0.5) is 4.39 Å². The lowest BCUT2D eigenvalue weighted by Gasteiger charge is -2.38. The minimum Gasteiger partial charge on any atom is -0.392 e. The molecule has 3 unspecified atom stereocenters. The van der Waals surface area contributed by atoms with Crippen LogP contribution in [0, 0.1) is 11.7 Å². The van der Waals surface area contributed by atoms with Crippen molar-refractivity contribution >= 4 is 11.6 Å². The third kappa shape index (κ3) is 2.72. The zero-order chi connectivity index (χ0) is 14.3. The van der Waals surface area contributed by atoms with Crippen LogP contribution in [-0.4, -0.2) is 35.2 Å². The van der Waals surface area contributed by atoms with Crippen molar-refractivity contribution in [1.82, 2.24) is 4.90 Å². The van der Waals surface area contributed by atoms with Crippen LogP contribution in [0.1, 0.15) is 31.2 Å². The Labute approximate surface area is 124 Å². The summed E-state index contributed by atoms with van der Waals surface area (Å²) < 4.78 is 13.3. The first kappa shape index (κ1) is 14.3. The number of hydrogen-bond donors (Lipinski definition) is 1. The molecule has 0 saturated carbocycles. The third-order valence-corrected chi connectivity index (χ3v) is 5.48. The summed E-state index contributed by atoms with van der Waals surface area (Å²) in [5, 5.41) is 11.0. The summed E-state index contributed by atoms with van der Waals surface area (Å²) >= 11 is 6.09. The third-order valence-electron chi connectivity index (χ3n) is 5.12. The SMILES string of the molecule is CN1C2CCC1CC(C(O)Cc1cc(F)ccc1Cl)C2. The maximum atomic E-state index is 13.3. The Morgan fingerprint density at radius 2 is 2.00 bits per heavy atom. The molecule has 0 aromatic heterocycles. The lowest BCUT2D eigenvalue weighted by molar-refractivity contribution is 0.0368. The summed E-state index contributed by atoms with van der Waals surface area (Å²) in [6.07, 6.45) is 4.59. The van der Waals surface area contributed by atoms with E-state index in [1.54, 1.807) is 6.07 Å². The van der Waals surface area contributed by atoms with Crippen molar-refractivity contribution in [2.24, 2.45) is 5.92 Å². The van der Waals surface area contributed by atoms with Crippen LogP contribution < -0.4 is 0 Å². The van der Waals surface area contributed by atoms with Gasteiger partial charge < -0.3 is 10.0 Å². The van der Waals surface area contributed by atoms with Crippen LogP contribution >= 0.6 is 11.6 Å². The van der Waals surface area contributed by atoms with Gasteiger partial charge in [-0.25, -0.2) is 4.39 Å². The molecule has 20 heavy (non-hydrogen) atoms. The Balaban J connectivity index is 1.68. The monoisotopic (exact) mass is 297 g/mol. The molecule has 2 aliphatic rings. The molecule has 0 amide bonds.